The predicted molar refractivity (Wildman–Crippen MR) is 148 cm³/mol. The highest BCUT2D eigenvalue weighted by Crippen LogP contribution is 2.19. The molecule has 0 rings (SSSR count). The Bertz CT molecular complexity index is 799. The maximum absolute atomic E-state index is 12.7. The van der Waals surface area contributed by atoms with E-state index in [9.17, 15) is 19.2 Å². The van der Waals surface area contributed by atoms with Gasteiger partial charge in [-0.15, -0.1) is 0 Å². The summed E-state index contributed by atoms with van der Waals surface area (Å²) in [6.45, 7) is 19.5. The van der Waals surface area contributed by atoms with Gasteiger partial charge in [-0.25, -0.2) is 9.59 Å². The summed E-state index contributed by atoms with van der Waals surface area (Å²) in [6.07, 6.45) is 0.154. The number of hydrogen-bond acceptors (Lipinski definition) is 10. The quantitative estimate of drug-likeness (QED) is 0.0820. The summed E-state index contributed by atoms with van der Waals surface area (Å²) >= 11 is 0. The molecule has 0 aliphatic carbocycles. The number of carbonyl (C=O) groups excluding carboxylic acids is 4. The monoisotopic (exact) mass is 573 g/mol. The second-order valence-corrected chi connectivity index (χ2v) is 11.5. The normalized spacial score (nSPS) is 11.8. The summed E-state index contributed by atoms with van der Waals surface area (Å²) in [6, 6.07) is 0.609. The highest BCUT2D eigenvalue weighted by molar-refractivity contribution is 6.60. The van der Waals surface area contributed by atoms with Crippen LogP contribution in [0, 0.1) is 0 Å². The molecule has 0 N–H and O–H groups in total. The van der Waals surface area contributed by atoms with Gasteiger partial charge in [-0.2, -0.15) is 0 Å². The molecule has 0 spiro atoms. The van der Waals surface area contributed by atoms with Gasteiger partial charge >= 0.3 is 26.7 Å². The molecule has 0 aromatic rings. The van der Waals surface area contributed by atoms with Crippen molar-refractivity contribution in [3.8, 4) is 0 Å². The van der Waals surface area contributed by atoms with Gasteiger partial charge in [0.2, 0.25) is 5.91 Å². The largest absolute Gasteiger partial charge is 0.500 e. The van der Waals surface area contributed by atoms with Gasteiger partial charge in [-0.05, 0) is 54.4 Å². The van der Waals surface area contributed by atoms with Crippen molar-refractivity contribution >= 4 is 32.6 Å². The Hall–Kier alpha value is -2.54. The molecule has 0 aromatic carbocycles. The zero-order valence-electron chi connectivity index (χ0n) is 24.5. The minimum Gasteiger partial charge on any atom is -0.462 e. The zero-order chi connectivity index (χ0) is 29.8. The topological polar surface area (TPSA) is 127 Å². The number of ether oxygens (including phenoxy) is 3. The van der Waals surface area contributed by atoms with Crippen LogP contribution in [0.25, 0.3) is 0 Å². The van der Waals surface area contributed by atoms with Crippen LogP contribution in [0.5, 0.6) is 0 Å². The van der Waals surface area contributed by atoms with Gasteiger partial charge < -0.3 is 32.4 Å². The van der Waals surface area contributed by atoms with Crippen molar-refractivity contribution in [2.24, 2.45) is 0 Å². The van der Waals surface area contributed by atoms with Crippen LogP contribution in [0.3, 0.4) is 0 Å². The zero-order valence-corrected chi connectivity index (χ0v) is 25.5. The molecule has 0 saturated carbocycles. The highest BCUT2D eigenvalue weighted by atomic mass is 28.4. The van der Waals surface area contributed by atoms with Gasteiger partial charge in [-0.1, -0.05) is 13.2 Å². The molecule has 0 bridgehead atoms. The van der Waals surface area contributed by atoms with Crippen LogP contribution < -0.4 is 0 Å². The van der Waals surface area contributed by atoms with Crippen molar-refractivity contribution in [1.82, 2.24) is 4.90 Å². The van der Waals surface area contributed by atoms with Crippen LogP contribution >= 0.6 is 0 Å². The highest BCUT2D eigenvalue weighted by Gasteiger charge is 2.39. The molecule has 0 heterocycles. The van der Waals surface area contributed by atoms with Gasteiger partial charge in [0.25, 0.3) is 0 Å². The van der Waals surface area contributed by atoms with E-state index in [0.717, 1.165) is 0 Å². The van der Waals surface area contributed by atoms with Crippen molar-refractivity contribution in [3.05, 3.63) is 24.3 Å². The summed E-state index contributed by atoms with van der Waals surface area (Å²) in [5.41, 5.74) is 0.334. The van der Waals surface area contributed by atoms with E-state index in [0.29, 0.717) is 51.8 Å². The summed E-state index contributed by atoms with van der Waals surface area (Å²) in [4.78, 5) is 50.2. The molecule has 224 valence electrons. The third-order valence-corrected chi connectivity index (χ3v) is 8.46. The fourth-order valence-electron chi connectivity index (χ4n) is 3.41. The Morgan fingerprint density at radius 2 is 1.31 bits per heavy atom. The molecule has 0 saturated heterocycles. The maximum Gasteiger partial charge on any atom is 0.500 e. The van der Waals surface area contributed by atoms with Crippen LogP contribution in [-0.4, -0.2) is 89.7 Å². The van der Waals surface area contributed by atoms with Gasteiger partial charge in [0, 0.05) is 62.9 Å². The molecule has 12 heteroatoms. The Morgan fingerprint density at radius 1 is 0.769 bits per heavy atom. The number of carbonyl (C=O) groups is 4. The van der Waals surface area contributed by atoms with Crippen LogP contribution in [0.2, 0.25) is 6.04 Å². The van der Waals surface area contributed by atoms with Crippen molar-refractivity contribution in [3.63, 3.8) is 0 Å². The molecule has 0 radical (unpaired) electrons. The van der Waals surface area contributed by atoms with Crippen molar-refractivity contribution < 1.29 is 46.7 Å². The number of nitrogens with zero attached hydrogens (tertiary/aromatic N) is 1. The Labute approximate surface area is 234 Å². The van der Waals surface area contributed by atoms with E-state index in [1.165, 1.54) is 13.8 Å². The summed E-state index contributed by atoms with van der Waals surface area (Å²) < 4.78 is 33.0. The summed E-state index contributed by atoms with van der Waals surface area (Å²) in [5, 5.41) is 0. The van der Waals surface area contributed by atoms with Crippen LogP contribution in [0.1, 0.15) is 67.2 Å². The van der Waals surface area contributed by atoms with Crippen LogP contribution in [-0.2, 0) is 46.7 Å². The van der Waals surface area contributed by atoms with E-state index in [-0.39, 0.29) is 43.1 Å². The Kier molecular flexibility index (Phi) is 19.0. The van der Waals surface area contributed by atoms with Gasteiger partial charge in [-0.3, -0.25) is 9.59 Å². The molecule has 0 aliphatic heterocycles. The van der Waals surface area contributed by atoms with Gasteiger partial charge in [0.1, 0.15) is 13.2 Å². The van der Waals surface area contributed by atoms with Crippen LogP contribution in [0.15, 0.2) is 24.3 Å². The first-order valence-electron chi connectivity index (χ1n) is 13.5. The van der Waals surface area contributed by atoms with Gasteiger partial charge in [0.05, 0.1) is 0 Å². The number of amides is 1. The molecular formula is C27H47NO10Si. The number of esters is 3. The number of rotatable bonds is 22. The lowest BCUT2D eigenvalue weighted by molar-refractivity contribution is -0.163. The van der Waals surface area contributed by atoms with E-state index in [2.05, 4.69) is 13.2 Å². The van der Waals surface area contributed by atoms with Crippen molar-refractivity contribution in [2.75, 3.05) is 46.1 Å². The molecule has 0 aliphatic rings. The first kappa shape index (κ1) is 36.5. The maximum atomic E-state index is 12.7. The lowest BCUT2D eigenvalue weighted by Gasteiger charge is -2.29. The lowest BCUT2D eigenvalue weighted by Crippen LogP contribution is -2.46. The van der Waals surface area contributed by atoms with E-state index >= 15 is 0 Å². The molecule has 0 aromatic heterocycles. The molecule has 0 fully saturated rings. The van der Waals surface area contributed by atoms with Crippen molar-refractivity contribution in [1.29, 1.82) is 0 Å². The SMILES string of the molecule is C=C(C)C(=O)OCC(COC(=O)CCCC(=O)N(CC)CCC[Si](OCC)(OCC)OCC)OC(=O)C(=C)C. The van der Waals surface area contributed by atoms with E-state index in [1.807, 2.05) is 27.7 Å². The van der Waals surface area contributed by atoms with E-state index in [4.69, 9.17) is 27.5 Å². The fraction of sp³-hybridized carbons (Fsp3) is 0.704. The average molecular weight is 574 g/mol. The Balaban J connectivity index is 4.70. The third-order valence-electron chi connectivity index (χ3n) is 5.31. The predicted octanol–water partition coefficient (Wildman–Crippen LogP) is 3.59. The molecular weight excluding hydrogens is 526 g/mol. The van der Waals surface area contributed by atoms with Crippen LogP contribution in [0.4, 0.5) is 0 Å². The van der Waals surface area contributed by atoms with Crippen molar-refractivity contribution in [2.45, 2.75) is 79.4 Å². The fourth-order valence-corrected chi connectivity index (χ4v) is 6.00. The summed E-state index contributed by atoms with van der Waals surface area (Å²) in [5.74, 6) is -1.98. The summed E-state index contributed by atoms with van der Waals surface area (Å²) in [7, 11) is -2.77. The minimum absolute atomic E-state index is 0.00501. The number of hydrogen-bond donors (Lipinski definition) is 0. The molecule has 1 unspecified atom stereocenters. The molecule has 11 nitrogen and oxygen atoms in total. The molecule has 1 amide bonds. The van der Waals surface area contributed by atoms with E-state index < -0.39 is 32.8 Å². The third kappa shape index (κ3) is 15.6. The first-order valence-corrected chi connectivity index (χ1v) is 15.4. The van der Waals surface area contributed by atoms with Gasteiger partial charge in [0.15, 0.2) is 6.10 Å². The first-order chi connectivity index (χ1) is 18.4. The minimum atomic E-state index is -2.77. The molecule has 39 heavy (non-hydrogen) atoms. The second kappa shape index (κ2) is 20.4. The van der Waals surface area contributed by atoms with E-state index in [1.54, 1.807) is 4.90 Å². The standard InChI is InChI=1S/C27H47NO10Si/c1-9-28(17-14-18-39(35-10-2,36-11-3)37-12-4)24(29)15-13-16-25(30)33-19-23(38-27(32)22(7)8)20-34-26(31)21(5)6/h23H,5,7,9-20H2,1-4,6,8H3. The average Bonchev–Trinajstić information content (AvgIpc) is 2.88. The lowest BCUT2D eigenvalue weighted by atomic mass is 10.2. The smallest absolute Gasteiger partial charge is 0.462 e. The molecule has 1 atom stereocenters. The Morgan fingerprint density at radius 3 is 1.79 bits per heavy atom. The second-order valence-electron chi connectivity index (χ2n) is 8.78.